The third-order valence-corrected chi connectivity index (χ3v) is 3.30. The minimum absolute atomic E-state index is 0.102. The molecule has 0 radical (unpaired) electrons. The normalized spacial score (nSPS) is 14.4. The summed E-state index contributed by atoms with van der Waals surface area (Å²) in [6.45, 7) is 0.316. The molecule has 22 heavy (non-hydrogen) atoms. The molecule has 0 fully saturated rings. The number of benzene rings is 1. The molecule has 1 aliphatic heterocycles. The van der Waals surface area contributed by atoms with Gasteiger partial charge in [0.2, 0.25) is 5.91 Å². The number of ether oxygens (including phenoxy) is 1. The fraction of sp³-hybridized carbons (Fsp3) is 0.333. The molecule has 0 unspecified atom stereocenters. The zero-order valence-electron chi connectivity index (χ0n) is 12.5. The summed E-state index contributed by atoms with van der Waals surface area (Å²) in [7, 11) is 2.85. The molecule has 0 aromatic heterocycles. The van der Waals surface area contributed by atoms with Gasteiger partial charge in [0.15, 0.2) is 0 Å². The lowest BCUT2D eigenvalue weighted by atomic mass is 10.1. The summed E-state index contributed by atoms with van der Waals surface area (Å²) in [6, 6.07) is 6.76. The van der Waals surface area contributed by atoms with Crippen molar-refractivity contribution in [1.29, 1.82) is 0 Å². The third-order valence-electron chi connectivity index (χ3n) is 3.30. The van der Waals surface area contributed by atoms with Gasteiger partial charge < -0.3 is 10.1 Å². The average Bonchev–Trinajstić information content (AvgIpc) is 2.54. The Balaban J connectivity index is 1.93. The minimum atomic E-state index is -0.403. The highest BCUT2D eigenvalue weighted by Crippen LogP contribution is 2.08. The Morgan fingerprint density at radius 1 is 1.27 bits per heavy atom. The van der Waals surface area contributed by atoms with Crippen molar-refractivity contribution in [2.24, 2.45) is 5.10 Å². The number of nitrogens with one attached hydrogen (secondary N) is 1. The fourth-order valence-corrected chi connectivity index (χ4v) is 1.99. The van der Waals surface area contributed by atoms with Crippen LogP contribution in [0.1, 0.15) is 28.8 Å². The molecule has 2 rings (SSSR count). The largest absolute Gasteiger partial charge is 0.465 e. The number of methoxy groups -OCH3 is 1. The van der Waals surface area contributed by atoms with E-state index in [9.17, 15) is 14.4 Å². The monoisotopic (exact) mass is 303 g/mol. The van der Waals surface area contributed by atoms with Crippen LogP contribution in [-0.2, 0) is 20.9 Å². The van der Waals surface area contributed by atoms with E-state index in [1.54, 1.807) is 24.3 Å². The summed E-state index contributed by atoms with van der Waals surface area (Å²) in [5.41, 5.74) is 1.64. The van der Waals surface area contributed by atoms with Crippen LogP contribution in [0.2, 0.25) is 0 Å². The molecule has 7 heteroatoms. The van der Waals surface area contributed by atoms with E-state index in [-0.39, 0.29) is 18.2 Å². The molecule has 0 saturated heterocycles. The van der Waals surface area contributed by atoms with Crippen molar-refractivity contribution in [3.8, 4) is 0 Å². The molecule has 0 spiro atoms. The molecule has 7 nitrogen and oxygen atoms in total. The highest BCUT2D eigenvalue weighted by Gasteiger charge is 2.21. The van der Waals surface area contributed by atoms with Gasteiger partial charge in [-0.3, -0.25) is 9.59 Å². The third kappa shape index (κ3) is 3.69. The van der Waals surface area contributed by atoms with E-state index in [1.165, 1.54) is 19.2 Å². The van der Waals surface area contributed by atoms with Crippen molar-refractivity contribution in [2.45, 2.75) is 19.4 Å². The molecule has 0 saturated carbocycles. The molecule has 1 heterocycles. The van der Waals surface area contributed by atoms with Crippen LogP contribution < -0.4 is 5.32 Å². The number of amides is 2. The fourth-order valence-electron chi connectivity index (χ4n) is 1.99. The van der Waals surface area contributed by atoms with Crippen LogP contribution in [0.15, 0.2) is 29.4 Å². The van der Waals surface area contributed by atoms with Gasteiger partial charge in [0.25, 0.3) is 5.91 Å². The maximum Gasteiger partial charge on any atom is 0.337 e. The molecular weight excluding hydrogens is 286 g/mol. The molecule has 0 aliphatic carbocycles. The first-order chi connectivity index (χ1) is 10.5. The van der Waals surface area contributed by atoms with E-state index in [1.807, 2.05) is 0 Å². The van der Waals surface area contributed by atoms with E-state index in [2.05, 4.69) is 15.2 Å². The molecule has 116 valence electrons. The Hall–Kier alpha value is -2.70. The lowest BCUT2D eigenvalue weighted by Crippen LogP contribution is -2.37. The summed E-state index contributed by atoms with van der Waals surface area (Å²) >= 11 is 0. The molecule has 0 atom stereocenters. The van der Waals surface area contributed by atoms with Crippen LogP contribution in [0.25, 0.3) is 0 Å². The molecular formula is C15H17N3O4. The number of esters is 1. The van der Waals surface area contributed by atoms with E-state index < -0.39 is 5.97 Å². The minimum Gasteiger partial charge on any atom is -0.465 e. The second-order valence-corrected chi connectivity index (χ2v) is 4.84. The summed E-state index contributed by atoms with van der Waals surface area (Å²) in [5, 5.41) is 7.88. The topological polar surface area (TPSA) is 88.1 Å². The Morgan fingerprint density at radius 2 is 1.95 bits per heavy atom. The Morgan fingerprint density at radius 3 is 2.55 bits per heavy atom. The molecule has 0 bridgehead atoms. The summed E-state index contributed by atoms with van der Waals surface area (Å²) in [6.07, 6.45) is 0.632. The van der Waals surface area contributed by atoms with Crippen molar-refractivity contribution in [1.82, 2.24) is 10.3 Å². The van der Waals surface area contributed by atoms with Crippen LogP contribution in [-0.4, -0.2) is 42.7 Å². The quantitative estimate of drug-likeness (QED) is 0.829. The molecule has 1 aromatic rings. The number of nitrogens with zero attached hydrogens (tertiary/aromatic N) is 2. The lowest BCUT2D eigenvalue weighted by molar-refractivity contribution is -0.130. The first kappa shape index (κ1) is 15.7. The molecule has 1 aromatic carbocycles. The molecule has 1 aliphatic rings. The Labute approximate surface area is 127 Å². The summed E-state index contributed by atoms with van der Waals surface area (Å²) in [5.74, 6) is -0.800. The van der Waals surface area contributed by atoms with E-state index in [0.29, 0.717) is 24.2 Å². The van der Waals surface area contributed by atoms with Crippen LogP contribution in [0, 0.1) is 0 Å². The van der Waals surface area contributed by atoms with Gasteiger partial charge in [-0.1, -0.05) is 12.1 Å². The van der Waals surface area contributed by atoms with Gasteiger partial charge in [0.1, 0.15) is 5.71 Å². The predicted molar refractivity (Wildman–Crippen MR) is 79.1 cm³/mol. The maximum atomic E-state index is 12.0. The number of carbonyl (C=O) groups is 3. The smallest absolute Gasteiger partial charge is 0.337 e. The second-order valence-electron chi connectivity index (χ2n) is 4.84. The average molecular weight is 303 g/mol. The van der Waals surface area contributed by atoms with E-state index in [4.69, 9.17) is 0 Å². The predicted octanol–water partition coefficient (Wildman–Crippen LogP) is 0.698. The highest BCUT2D eigenvalue weighted by molar-refractivity contribution is 6.39. The molecule has 1 N–H and O–H groups in total. The SMILES string of the molecule is COC(=O)c1ccc(CNC(=O)C2=NN(C)C(=O)CC2)cc1. The van der Waals surface area contributed by atoms with Crippen molar-refractivity contribution >= 4 is 23.5 Å². The highest BCUT2D eigenvalue weighted by atomic mass is 16.5. The molecule has 2 amide bonds. The van der Waals surface area contributed by atoms with Crippen LogP contribution in [0.3, 0.4) is 0 Å². The van der Waals surface area contributed by atoms with Crippen LogP contribution in [0.4, 0.5) is 0 Å². The zero-order valence-corrected chi connectivity index (χ0v) is 12.5. The summed E-state index contributed by atoms with van der Waals surface area (Å²) in [4.78, 5) is 34.6. The van der Waals surface area contributed by atoms with Gasteiger partial charge in [0, 0.05) is 26.4 Å². The lowest BCUT2D eigenvalue weighted by Gasteiger charge is -2.18. The zero-order chi connectivity index (χ0) is 16.1. The Kier molecular flexibility index (Phi) is 4.88. The number of rotatable bonds is 4. The van der Waals surface area contributed by atoms with Crippen molar-refractivity contribution < 1.29 is 19.1 Å². The van der Waals surface area contributed by atoms with Crippen molar-refractivity contribution in [2.75, 3.05) is 14.2 Å². The van der Waals surface area contributed by atoms with Crippen LogP contribution in [0.5, 0.6) is 0 Å². The van der Waals surface area contributed by atoms with Gasteiger partial charge in [-0.05, 0) is 17.7 Å². The number of hydrogen-bond donors (Lipinski definition) is 1. The van der Waals surface area contributed by atoms with Gasteiger partial charge in [-0.25, -0.2) is 9.80 Å². The Bertz CT molecular complexity index is 622. The first-order valence-corrected chi connectivity index (χ1v) is 6.80. The van der Waals surface area contributed by atoms with Crippen molar-refractivity contribution in [3.05, 3.63) is 35.4 Å². The number of hydrogen-bond acceptors (Lipinski definition) is 5. The van der Waals surface area contributed by atoms with Gasteiger partial charge in [0.05, 0.1) is 12.7 Å². The number of hydrazone groups is 1. The van der Waals surface area contributed by atoms with Crippen molar-refractivity contribution in [3.63, 3.8) is 0 Å². The van der Waals surface area contributed by atoms with Gasteiger partial charge >= 0.3 is 5.97 Å². The first-order valence-electron chi connectivity index (χ1n) is 6.80. The summed E-state index contributed by atoms with van der Waals surface area (Å²) < 4.78 is 4.62. The van der Waals surface area contributed by atoms with Gasteiger partial charge in [-0.15, -0.1) is 0 Å². The second kappa shape index (κ2) is 6.84. The van der Waals surface area contributed by atoms with E-state index in [0.717, 1.165) is 5.56 Å². The standard InChI is InChI=1S/C15H17N3O4/c1-18-13(19)8-7-12(17-18)14(20)16-9-10-3-5-11(6-4-10)15(21)22-2/h3-6H,7-9H2,1-2H3,(H,16,20). The van der Waals surface area contributed by atoms with Gasteiger partial charge in [-0.2, -0.15) is 5.10 Å². The maximum absolute atomic E-state index is 12.0. The van der Waals surface area contributed by atoms with Crippen LogP contribution >= 0.6 is 0 Å². The number of carbonyl (C=O) groups excluding carboxylic acids is 3. The van der Waals surface area contributed by atoms with E-state index >= 15 is 0 Å².